The molecule has 1 aromatic rings. The predicted octanol–water partition coefficient (Wildman–Crippen LogP) is 1.09. The minimum absolute atomic E-state index is 0. The van der Waals surface area contributed by atoms with Gasteiger partial charge in [0, 0.05) is 18.0 Å². The molecule has 0 aromatic carbocycles. The second-order valence-electron chi connectivity index (χ2n) is 3.99. The van der Waals surface area contributed by atoms with Gasteiger partial charge in [-0.1, -0.05) is 0 Å². The topological polar surface area (TPSA) is 96.6 Å². The highest BCUT2D eigenvalue weighted by Crippen LogP contribution is 2.19. The monoisotopic (exact) mass is 418 g/mol. The number of hydrogen-bond donors (Lipinski definition) is 3. The molecule has 1 rings (SSSR count). The Labute approximate surface area is 135 Å². The summed E-state index contributed by atoms with van der Waals surface area (Å²) in [7, 11) is -1.92. The number of rotatable bonds is 4. The zero-order valence-electron chi connectivity index (χ0n) is 11.0. The van der Waals surface area contributed by atoms with E-state index in [1.165, 1.54) is 6.07 Å². The van der Waals surface area contributed by atoms with Gasteiger partial charge < -0.3 is 10.6 Å². The zero-order valence-corrected chi connectivity index (χ0v) is 15.0. The van der Waals surface area contributed by atoms with Crippen LogP contribution in [-0.4, -0.2) is 27.5 Å². The Morgan fingerprint density at radius 1 is 1.47 bits per heavy atom. The van der Waals surface area contributed by atoms with E-state index in [1.54, 1.807) is 13.1 Å². The summed E-state index contributed by atoms with van der Waals surface area (Å²) in [6.45, 7) is 4.53. The average molecular weight is 418 g/mol. The first-order valence-electron chi connectivity index (χ1n) is 5.41. The molecular formula is C10H19IN4O2S2. The summed E-state index contributed by atoms with van der Waals surface area (Å²) in [4.78, 5) is 4.94. The Kier molecular flexibility index (Phi) is 7.86. The number of hydrogen-bond acceptors (Lipinski definition) is 4. The maximum atomic E-state index is 11.1. The first-order chi connectivity index (χ1) is 8.32. The molecule has 0 unspecified atom stereocenters. The SMILES string of the molecule is CN=C(NCc1ccc(S(N)(=O)=O)s1)NC(C)C.I. The van der Waals surface area contributed by atoms with Gasteiger partial charge >= 0.3 is 0 Å². The van der Waals surface area contributed by atoms with Crippen LogP contribution < -0.4 is 15.8 Å². The highest BCUT2D eigenvalue weighted by Gasteiger charge is 2.11. The maximum absolute atomic E-state index is 11.1. The molecule has 0 aliphatic carbocycles. The molecule has 0 saturated heterocycles. The summed E-state index contributed by atoms with van der Waals surface area (Å²) < 4.78 is 22.4. The summed E-state index contributed by atoms with van der Waals surface area (Å²) >= 11 is 1.15. The van der Waals surface area contributed by atoms with Crippen molar-refractivity contribution in [1.29, 1.82) is 0 Å². The van der Waals surface area contributed by atoms with Gasteiger partial charge in [-0.15, -0.1) is 35.3 Å². The van der Waals surface area contributed by atoms with Crippen molar-refractivity contribution in [1.82, 2.24) is 10.6 Å². The van der Waals surface area contributed by atoms with Gasteiger partial charge in [0.25, 0.3) is 0 Å². The number of guanidine groups is 1. The van der Waals surface area contributed by atoms with Crippen molar-refractivity contribution in [3.8, 4) is 0 Å². The predicted molar refractivity (Wildman–Crippen MR) is 89.6 cm³/mol. The lowest BCUT2D eigenvalue weighted by Gasteiger charge is -2.13. The van der Waals surface area contributed by atoms with E-state index in [0.29, 0.717) is 12.5 Å². The Hall–Kier alpha value is -0.390. The van der Waals surface area contributed by atoms with Crippen molar-refractivity contribution < 1.29 is 8.42 Å². The van der Waals surface area contributed by atoms with Crippen LogP contribution in [0.1, 0.15) is 18.7 Å². The molecule has 0 bridgehead atoms. The molecule has 0 saturated carbocycles. The molecule has 0 fully saturated rings. The van der Waals surface area contributed by atoms with Crippen molar-refractivity contribution in [3.05, 3.63) is 17.0 Å². The van der Waals surface area contributed by atoms with Crippen LogP contribution in [0.25, 0.3) is 0 Å². The molecule has 0 aliphatic rings. The number of sulfonamides is 1. The number of primary sulfonamides is 1. The second-order valence-corrected chi connectivity index (χ2v) is 6.95. The molecule has 1 aromatic heterocycles. The minimum atomic E-state index is -3.60. The van der Waals surface area contributed by atoms with E-state index in [-0.39, 0.29) is 34.2 Å². The van der Waals surface area contributed by atoms with Crippen LogP contribution >= 0.6 is 35.3 Å². The van der Waals surface area contributed by atoms with Crippen LogP contribution in [0.15, 0.2) is 21.3 Å². The van der Waals surface area contributed by atoms with Gasteiger partial charge in [0.2, 0.25) is 10.0 Å². The van der Waals surface area contributed by atoms with E-state index < -0.39 is 10.0 Å². The molecule has 6 nitrogen and oxygen atoms in total. The van der Waals surface area contributed by atoms with Gasteiger partial charge in [0.1, 0.15) is 4.21 Å². The zero-order chi connectivity index (χ0) is 13.8. The van der Waals surface area contributed by atoms with Crippen molar-refractivity contribution >= 4 is 51.3 Å². The van der Waals surface area contributed by atoms with Crippen molar-refractivity contribution in [2.45, 2.75) is 30.6 Å². The van der Waals surface area contributed by atoms with E-state index in [9.17, 15) is 8.42 Å². The van der Waals surface area contributed by atoms with E-state index in [4.69, 9.17) is 5.14 Å². The van der Waals surface area contributed by atoms with Crippen LogP contribution in [0.3, 0.4) is 0 Å². The Morgan fingerprint density at radius 2 is 2.11 bits per heavy atom. The standard InChI is InChI=1S/C10H18N4O2S2.HI/c1-7(2)14-10(12-3)13-6-8-4-5-9(17-8)18(11,15)16;/h4-5,7H,6H2,1-3H3,(H2,11,15,16)(H2,12,13,14);1H. The second kappa shape index (κ2) is 8.02. The third-order valence-electron chi connectivity index (χ3n) is 2.00. The smallest absolute Gasteiger partial charge is 0.247 e. The molecule has 0 aliphatic heterocycles. The highest BCUT2D eigenvalue weighted by molar-refractivity contribution is 14.0. The van der Waals surface area contributed by atoms with Crippen molar-refractivity contribution in [3.63, 3.8) is 0 Å². The summed E-state index contributed by atoms with van der Waals surface area (Å²) in [5.74, 6) is 0.676. The van der Waals surface area contributed by atoms with E-state index in [1.807, 2.05) is 13.8 Å². The molecule has 110 valence electrons. The number of halogens is 1. The third kappa shape index (κ3) is 6.54. The number of nitrogens with two attached hydrogens (primary N) is 1. The fourth-order valence-corrected chi connectivity index (χ4v) is 2.96. The first-order valence-corrected chi connectivity index (χ1v) is 7.78. The number of aliphatic imine (C=N–C) groups is 1. The van der Waals surface area contributed by atoms with E-state index >= 15 is 0 Å². The lowest BCUT2D eigenvalue weighted by atomic mass is 10.4. The van der Waals surface area contributed by atoms with E-state index in [0.717, 1.165) is 16.2 Å². The maximum Gasteiger partial charge on any atom is 0.247 e. The Balaban J connectivity index is 0.00000324. The van der Waals surface area contributed by atoms with E-state index in [2.05, 4.69) is 15.6 Å². The molecule has 9 heteroatoms. The molecule has 0 amide bonds. The van der Waals surface area contributed by atoms with Gasteiger partial charge in [-0.2, -0.15) is 0 Å². The molecule has 0 spiro atoms. The van der Waals surface area contributed by atoms with Crippen LogP contribution in [-0.2, 0) is 16.6 Å². The molecule has 0 atom stereocenters. The number of thiophene rings is 1. The molecular weight excluding hydrogens is 399 g/mol. The molecule has 4 N–H and O–H groups in total. The largest absolute Gasteiger partial charge is 0.354 e. The lowest BCUT2D eigenvalue weighted by molar-refractivity contribution is 0.600. The summed E-state index contributed by atoms with van der Waals surface area (Å²) in [6.07, 6.45) is 0. The van der Waals surface area contributed by atoms with Crippen LogP contribution in [0.5, 0.6) is 0 Å². The van der Waals surface area contributed by atoms with Gasteiger partial charge in [-0.25, -0.2) is 13.6 Å². The summed E-state index contributed by atoms with van der Waals surface area (Å²) in [6, 6.07) is 3.52. The van der Waals surface area contributed by atoms with Crippen LogP contribution in [0.4, 0.5) is 0 Å². The first kappa shape index (κ1) is 18.6. The van der Waals surface area contributed by atoms with Crippen molar-refractivity contribution in [2.75, 3.05) is 7.05 Å². The van der Waals surface area contributed by atoms with Crippen LogP contribution in [0.2, 0.25) is 0 Å². The fraction of sp³-hybridized carbons (Fsp3) is 0.500. The fourth-order valence-electron chi connectivity index (χ4n) is 1.25. The average Bonchev–Trinajstić information content (AvgIpc) is 2.71. The quantitative estimate of drug-likeness (QED) is 0.388. The third-order valence-corrected chi connectivity index (χ3v) is 4.52. The highest BCUT2D eigenvalue weighted by atomic mass is 127. The van der Waals surface area contributed by atoms with Gasteiger partial charge in [-0.3, -0.25) is 4.99 Å². The normalized spacial score (nSPS) is 12.2. The Bertz CT molecular complexity index is 525. The van der Waals surface area contributed by atoms with Gasteiger partial charge in [-0.05, 0) is 26.0 Å². The minimum Gasteiger partial charge on any atom is -0.354 e. The number of nitrogens with one attached hydrogen (secondary N) is 2. The van der Waals surface area contributed by atoms with Gasteiger partial charge in [0.15, 0.2) is 5.96 Å². The van der Waals surface area contributed by atoms with Crippen molar-refractivity contribution in [2.24, 2.45) is 10.1 Å². The molecule has 0 radical (unpaired) electrons. The Morgan fingerprint density at radius 3 is 2.53 bits per heavy atom. The van der Waals surface area contributed by atoms with Crippen LogP contribution in [0, 0.1) is 0 Å². The summed E-state index contributed by atoms with van der Waals surface area (Å²) in [5.41, 5.74) is 0. The summed E-state index contributed by atoms with van der Waals surface area (Å²) in [5, 5.41) is 11.3. The van der Waals surface area contributed by atoms with Gasteiger partial charge in [0.05, 0.1) is 6.54 Å². The molecule has 19 heavy (non-hydrogen) atoms. The lowest BCUT2D eigenvalue weighted by Crippen LogP contribution is -2.40. The number of nitrogens with zero attached hydrogens (tertiary/aromatic N) is 1. The molecule has 1 heterocycles.